The Morgan fingerprint density at radius 2 is 1.20 bits per heavy atom. The monoisotopic (exact) mass is 564 g/mol. The van der Waals surface area contributed by atoms with Crippen molar-refractivity contribution in [1.29, 1.82) is 0 Å². The summed E-state index contributed by atoms with van der Waals surface area (Å²) in [5.41, 5.74) is 5.00. The van der Waals surface area contributed by atoms with Gasteiger partial charge in [0.1, 0.15) is 0 Å². The molecule has 0 aromatic rings. The van der Waals surface area contributed by atoms with Crippen molar-refractivity contribution < 1.29 is 19.4 Å². The highest BCUT2D eigenvalue weighted by molar-refractivity contribution is 5.64. The van der Waals surface area contributed by atoms with Gasteiger partial charge in [-0.2, -0.15) is 0 Å². The summed E-state index contributed by atoms with van der Waals surface area (Å²) >= 11 is 0. The predicted octanol–water partition coefficient (Wildman–Crippen LogP) is 5.09. The van der Waals surface area contributed by atoms with Gasteiger partial charge in [-0.1, -0.05) is 47.0 Å². The fourth-order valence-electron chi connectivity index (χ4n) is 8.49. The van der Waals surface area contributed by atoms with Crippen LogP contribution in [0.15, 0.2) is 0 Å². The first-order chi connectivity index (χ1) is 19.2. The van der Waals surface area contributed by atoms with Crippen molar-refractivity contribution in [3.8, 4) is 0 Å². The lowest BCUT2D eigenvalue weighted by Gasteiger charge is -2.52. The number of carbonyl (C=O) groups is 1. The fourth-order valence-corrected chi connectivity index (χ4v) is 8.49. The number of carbonyl (C=O) groups excluding carboxylic acids is 1. The van der Waals surface area contributed by atoms with E-state index in [2.05, 4.69) is 43.6 Å². The Bertz CT molecular complexity index is 737. The largest absolute Gasteiger partial charge is 0.450 e. The van der Waals surface area contributed by atoms with Crippen LogP contribution in [0, 0.1) is 41.4 Å². The van der Waals surface area contributed by atoms with Crippen LogP contribution in [-0.2, 0) is 9.47 Å². The third-order valence-electron chi connectivity index (χ3n) is 10.8. The molecule has 8 heteroatoms. The number of hydrogen-bond acceptors (Lipinski definition) is 7. The summed E-state index contributed by atoms with van der Waals surface area (Å²) < 4.78 is 11.0. The summed E-state index contributed by atoms with van der Waals surface area (Å²) in [6.45, 7) is 10.8. The van der Waals surface area contributed by atoms with E-state index in [0.29, 0.717) is 49.0 Å². The molecule has 6 N–H and O–H groups in total. The minimum atomic E-state index is -0.699. The Balaban J connectivity index is 1.29. The van der Waals surface area contributed by atoms with Crippen LogP contribution in [0.3, 0.4) is 0 Å². The van der Waals surface area contributed by atoms with Crippen molar-refractivity contribution in [2.45, 2.75) is 142 Å². The maximum Gasteiger partial charge on any atom is 0.404 e. The smallest absolute Gasteiger partial charge is 0.404 e. The van der Waals surface area contributed by atoms with Gasteiger partial charge in [0.05, 0.1) is 37.3 Å². The normalized spacial score (nSPS) is 42.8. The molecule has 4 rings (SSSR count). The average Bonchev–Trinajstić information content (AvgIpc) is 2.90. The summed E-state index contributed by atoms with van der Waals surface area (Å²) in [6.07, 6.45) is 14.2. The van der Waals surface area contributed by atoms with Crippen LogP contribution in [0.1, 0.15) is 111 Å². The van der Waals surface area contributed by atoms with Gasteiger partial charge in [0, 0.05) is 12.5 Å². The van der Waals surface area contributed by atoms with Gasteiger partial charge in [0.25, 0.3) is 0 Å². The van der Waals surface area contributed by atoms with E-state index < -0.39 is 6.09 Å². The van der Waals surface area contributed by atoms with Gasteiger partial charge >= 0.3 is 6.09 Å². The summed E-state index contributed by atoms with van der Waals surface area (Å²) in [4.78, 5) is 10.6. The van der Waals surface area contributed by atoms with Gasteiger partial charge in [-0.3, -0.25) is 16.0 Å². The number of nitrogens with two attached hydrogens (primary N) is 1. The lowest BCUT2D eigenvalue weighted by atomic mass is 9.71. The molecule has 0 radical (unpaired) electrons. The van der Waals surface area contributed by atoms with Crippen molar-refractivity contribution >= 4 is 6.09 Å². The number of ether oxygens (including phenoxy) is 2. The number of primary amides is 1. The van der Waals surface area contributed by atoms with Gasteiger partial charge in [-0.25, -0.2) is 4.79 Å². The Morgan fingerprint density at radius 1 is 0.700 bits per heavy atom. The molecule has 1 heterocycles. The Morgan fingerprint density at radius 3 is 1.70 bits per heavy atom. The van der Waals surface area contributed by atoms with Crippen LogP contribution in [0.25, 0.3) is 0 Å². The van der Waals surface area contributed by atoms with Crippen molar-refractivity contribution in [3.63, 3.8) is 0 Å². The maximum atomic E-state index is 11.4. The van der Waals surface area contributed by atoms with Gasteiger partial charge in [0.2, 0.25) is 0 Å². The van der Waals surface area contributed by atoms with Crippen LogP contribution in [0.5, 0.6) is 0 Å². The summed E-state index contributed by atoms with van der Waals surface area (Å²) in [5.74, 6) is 4.55. The molecule has 232 valence electrons. The van der Waals surface area contributed by atoms with Crippen molar-refractivity contribution in [2.24, 2.45) is 47.2 Å². The molecule has 11 atom stereocenters. The molecule has 8 nitrogen and oxygen atoms in total. The molecule has 0 spiro atoms. The van der Waals surface area contributed by atoms with Gasteiger partial charge < -0.3 is 20.3 Å². The van der Waals surface area contributed by atoms with Gasteiger partial charge in [-0.05, 0) is 99.7 Å². The van der Waals surface area contributed by atoms with Crippen LogP contribution >= 0.6 is 0 Å². The number of aliphatic hydroxyl groups excluding tert-OH is 1. The molecule has 3 aliphatic carbocycles. The van der Waals surface area contributed by atoms with E-state index in [4.69, 9.17) is 15.2 Å². The van der Waals surface area contributed by atoms with E-state index >= 15 is 0 Å². The molecule has 1 aliphatic heterocycles. The van der Waals surface area contributed by atoms with Crippen LogP contribution in [-0.4, -0.2) is 55.1 Å². The average molecular weight is 565 g/mol. The van der Waals surface area contributed by atoms with E-state index in [1.54, 1.807) is 0 Å². The molecule has 1 amide bonds. The Labute approximate surface area is 243 Å². The number of amides is 1. The molecular formula is C32H60N4O4. The predicted molar refractivity (Wildman–Crippen MR) is 159 cm³/mol. The SMILES string of the molecule is CC1CCC(C2NC(C3CCC(C)CC3C)NC(C3CCC(OCCCCCCOC(N)=O)CC3O)N2)C(C)C1. The molecule has 40 heavy (non-hydrogen) atoms. The zero-order valence-electron chi connectivity index (χ0n) is 25.8. The highest BCUT2D eigenvalue weighted by Crippen LogP contribution is 2.40. The topological polar surface area (TPSA) is 118 Å². The minimum Gasteiger partial charge on any atom is -0.450 e. The number of nitrogens with one attached hydrogen (secondary N) is 3. The van der Waals surface area contributed by atoms with E-state index in [-0.39, 0.29) is 24.3 Å². The lowest BCUT2D eigenvalue weighted by molar-refractivity contribution is -0.0649. The molecular weight excluding hydrogens is 504 g/mol. The van der Waals surface area contributed by atoms with Gasteiger partial charge in [0.15, 0.2) is 0 Å². The van der Waals surface area contributed by atoms with Gasteiger partial charge in [-0.15, -0.1) is 0 Å². The number of aliphatic hydroxyl groups is 1. The first-order valence-corrected chi connectivity index (χ1v) is 16.7. The minimum absolute atomic E-state index is 0.132. The molecule has 0 aromatic heterocycles. The second kappa shape index (κ2) is 15.5. The zero-order chi connectivity index (χ0) is 28.6. The standard InChI is InChI=1S/C32H60N4O4/c1-20-9-12-25(22(3)17-20)29-34-30(26-13-10-21(2)18-23(26)4)36-31(35-29)27-14-11-24(19-28(27)37)39-15-7-5-6-8-16-40-32(33)38/h20-31,34-37H,5-19H2,1-4H3,(H2,33,38). The van der Waals surface area contributed by atoms with Crippen molar-refractivity contribution in [1.82, 2.24) is 16.0 Å². The lowest BCUT2D eigenvalue weighted by Crippen LogP contribution is -2.74. The van der Waals surface area contributed by atoms with Crippen molar-refractivity contribution in [3.05, 3.63) is 0 Å². The Hall–Kier alpha value is -0.930. The fraction of sp³-hybridized carbons (Fsp3) is 0.969. The van der Waals surface area contributed by atoms with E-state index in [1.165, 1.54) is 38.5 Å². The third-order valence-corrected chi connectivity index (χ3v) is 10.8. The Kier molecular flexibility index (Phi) is 12.4. The van der Waals surface area contributed by atoms with E-state index in [0.717, 1.165) is 57.0 Å². The number of unbranched alkanes of at least 4 members (excludes halogenated alkanes) is 3. The third kappa shape index (κ3) is 9.03. The molecule has 4 fully saturated rings. The first kappa shape index (κ1) is 32.0. The summed E-state index contributed by atoms with van der Waals surface area (Å²) in [6, 6.07) is 0. The molecule has 3 saturated carbocycles. The number of rotatable bonds is 11. The molecule has 0 bridgehead atoms. The zero-order valence-corrected chi connectivity index (χ0v) is 25.8. The van der Waals surface area contributed by atoms with Crippen LogP contribution in [0.2, 0.25) is 0 Å². The molecule has 4 aliphatic rings. The summed E-state index contributed by atoms with van der Waals surface area (Å²) in [5, 5.41) is 23.4. The summed E-state index contributed by atoms with van der Waals surface area (Å²) in [7, 11) is 0. The van der Waals surface area contributed by atoms with Crippen LogP contribution in [0.4, 0.5) is 4.79 Å². The molecule has 11 unspecified atom stereocenters. The van der Waals surface area contributed by atoms with E-state index in [1.807, 2.05) is 0 Å². The van der Waals surface area contributed by atoms with E-state index in [9.17, 15) is 9.90 Å². The highest BCUT2D eigenvalue weighted by atomic mass is 16.5. The second-order valence-electron chi connectivity index (χ2n) is 14.2. The maximum absolute atomic E-state index is 11.4. The first-order valence-electron chi connectivity index (χ1n) is 16.7. The number of hydrogen-bond donors (Lipinski definition) is 5. The second-order valence-corrected chi connectivity index (χ2v) is 14.2. The molecule has 1 saturated heterocycles. The highest BCUT2D eigenvalue weighted by Gasteiger charge is 2.45. The molecule has 0 aromatic carbocycles. The van der Waals surface area contributed by atoms with Crippen molar-refractivity contribution in [2.75, 3.05) is 13.2 Å². The van der Waals surface area contributed by atoms with Crippen LogP contribution < -0.4 is 21.7 Å². The quantitative estimate of drug-likeness (QED) is 0.222.